The molecule has 0 aromatic heterocycles. The zero-order valence-corrected chi connectivity index (χ0v) is 13.2. The maximum absolute atomic E-state index is 12.4. The van der Waals surface area contributed by atoms with Crippen LogP contribution in [0.2, 0.25) is 0 Å². The van der Waals surface area contributed by atoms with Crippen LogP contribution in [0.5, 0.6) is 0 Å². The highest BCUT2D eigenvalue weighted by Crippen LogP contribution is 2.21. The molecule has 0 bridgehead atoms. The highest BCUT2D eigenvalue weighted by atomic mass is 16.8. The summed E-state index contributed by atoms with van der Waals surface area (Å²) in [6.45, 7) is 0. The lowest BCUT2D eigenvalue weighted by Crippen LogP contribution is -3.00. The Morgan fingerprint density at radius 2 is 1.96 bits per heavy atom. The van der Waals surface area contributed by atoms with Crippen LogP contribution >= 0.6 is 0 Å². The molecule has 14 heteroatoms. The van der Waals surface area contributed by atoms with Crippen LogP contribution in [0.25, 0.3) is 0 Å². The largest absolute Gasteiger partial charge is 0.595 e. The van der Waals surface area contributed by atoms with Gasteiger partial charge in [0.2, 0.25) is 0 Å². The Morgan fingerprint density at radius 1 is 1.27 bits per heavy atom. The molecule has 140 valence electrons. The predicted octanol–water partition coefficient (Wildman–Crippen LogP) is -3.78. The smallest absolute Gasteiger partial charge is 0.322 e. The van der Waals surface area contributed by atoms with Crippen molar-refractivity contribution >= 4 is 40.6 Å². The molecule has 1 fully saturated rings. The molecule has 1 aromatic rings. The first kappa shape index (κ1) is 19.2. The molecule has 2 rings (SSSR count). The average molecular weight is 369 g/mol. The molecule has 3 atom stereocenters. The van der Waals surface area contributed by atoms with Crippen molar-refractivity contribution in [1.82, 2.24) is 16.1 Å². The molecule has 14 nitrogen and oxygen atoms in total. The van der Waals surface area contributed by atoms with Crippen molar-refractivity contribution in [3.63, 3.8) is 0 Å². The summed E-state index contributed by atoms with van der Waals surface area (Å²) in [6.07, 6.45) is 0. The average Bonchev–Trinajstić information content (AvgIpc) is 2.90. The van der Waals surface area contributed by atoms with Crippen molar-refractivity contribution in [2.45, 2.75) is 6.04 Å². The number of hydrogen-bond acceptors (Lipinski definition) is 9. The van der Waals surface area contributed by atoms with Crippen LogP contribution in [0.3, 0.4) is 0 Å². The number of rotatable bonds is 6. The van der Waals surface area contributed by atoms with E-state index in [-0.39, 0.29) is 11.4 Å². The molecule has 3 unspecified atom stereocenters. The van der Waals surface area contributed by atoms with Crippen LogP contribution in [0, 0.1) is 10.4 Å². The van der Waals surface area contributed by atoms with Gasteiger partial charge in [0.25, 0.3) is 11.8 Å². The van der Waals surface area contributed by atoms with Crippen LogP contribution < -0.4 is 31.8 Å². The quantitative estimate of drug-likeness (QED) is 0.141. The number of quaternary nitrogens is 2. The molecule has 0 aliphatic carbocycles. The maximum Gasteiger partial charge on any atom is 0.322 e. The minimum Gasteiger partial charge on any atom is -0.595 e. The summed E-state index contributed by atoms with van der Waals surface area (Å²) < 4.78 is 0. The van der Waals surface area contributed by atoms with E-state index in [2.05, 4.69) is 21.2 Å². The number of hydrogen-bond donors (Lipinski definition) is 8. The minimum absolute atomic E-state index is 0.207. The van der Waals surface area contributed by atoms with Gasteiger partial charge in [0, 0.05) is 13.1 Å². The van der Waals surface area contributed by atoms with E-state index in [0.717, 1.165) is 18.2 Å². The lowest BCUT2D eigenvalue weighted by molar-refractivity contribution is -0.996. The van der Waals surface area contributed by atoms with Crippen molar-refractivity contribution in [3.8, 4) is 0 Å². The fraction of sp³-hybridized carbons (Fsp3) is 0.167. The van der Waals surface area contributed by atoms with E-state index in [1.54, 1.807) is 0 Å². The maximum atomic E-state index is 12.4. The Balaban J connectivity index is 2.31. The SMILES string of the molecule is CN/N=C(/C(=O)Nc1ccc([NH+]([O-])O)cc1[NH+]([O-])O)C1NC(=O)NC1=O. The highest BCUT2D eigenvalue weighted by Gasteiger charge is 2.37. The first-order valence-electron chi connectivity index (χ1n) is 7.02. The second kappa shape index (κ2) is 7.83. The fourth-order valence-electron chi connectivity index (χ4n) is 2.13. The summed E-state index contributed by atoms with van der Waals surface area (Å²) in [4.78, 5) is 35.3. The molecule has 1 aliphatic rings. The Labute approximate surface area is 145 Å². The van der Waals surface area contributed by atoms with Gasteiger partial charge in [-0.2, -0.15) is 15.6 Å². The standard InChI is InChI=1S/C12H15N7O7/c1-13-17-9(8-10(20)16-12(22)15-8)11(21)14-6-3-2-5(18(23)24)4-7(6)19(25)26/h2-4,8,13,18-19,23,25H,1H3,(H,14,21)(H2,15,16,20,22)/b17-9+. The van der Waals surface area contributed by atoms with Gasteiger partial charge in [-0.25, -0.2) is 15.2 Å². The summed E-state index contributed by atoms with van der Waals surface area (Å²) >= 11 is 0. The minimum atomic E-state index is -1.47. The lowest BCUT2D eigenvalue weighted by atomic mass is 10.1. The number of nitrogens with one attached hydrogen (secondary N) is 6. The molecule has 0 spiro atoms. The molecular weight excluding hydrogens is 354 g/mol. The van der Waals surface area contributed by atoms with Gasteiger partial charge in [0.1, 0.15) is 5.69 Å². The summed E-state index contributed by atoms with van der Waals surface area (Å²) in [6, 6.07) is 0.882. The molecule has 1 aromatic carbocycles. The Morgan fingerprint density at radius 3 is 2.46 bits per heavy atom. The van der Waals surface area contributed by atoms with Crippen LogP contribution in [0.15, 0.2) is 23.3 Å². The second-order valence-corrected chi connectivity index (χ2v) is 4.94. The van der Waals surface area contributed by atoms with E-state index >= 15 is 0 Å². The summed E-state index contributed by atoms with van der Waals surface area (Å²) in [7, 11) is 1.35. The van der Waals surface area contributed by atoms with Gasteiger partial charge < -0.3 is 26.5 Å². The van der Waals surface area contributed by atoms with Gasteiger partial charge >= 0.3 is 6.03 Å². The molecular formula is C12H15N7O7. The van der Waals surface area contributed by atoms with Gasteiger partial charge in [-0.05, 0) is 6.07 Å². The Bertz CT molecular complexity index is 764. The summed E-state index contributed by atoms with van der Waals surface area (Å²) in [5.41, 5.74) is 0.925. The van der Waals surface area contributed by atoms with E-state index < -0.39 is 45.7 Å². The summed E-state index contributed by atoms with van der Waals surface area (Å²) in [5, 5.41) is 47.6. The lowest BCUT2D eigenvalue weighted by Gasteiger charge is -2.19. The van der Waals surface area contributed by atoms with E-state index in [0.29, 0.717) is 0 Å². The number of carbonyl (C=O) groups excluding carboxylic acids is 3. The number of benzene rings is 1. The molecule has 1 saturated heterocycles. The first-order chi connectivity index (χ1) is 12.2. The normalized spacial score (nSPS) is 19.4. The van der Waals surface area contributed by atoms with E-state index in [9.17, 15) is 30.0 Å². The van der Waals surface area contributed by atoms with Gasteiger partial charge in [-0.15, -0.1) is 0 Å². The number of anilines is 1. The third-order valence-corrected chi connectivity index (χ3v) is 3.26. The topological polar surface area (TPSA) is 207 Å². The van der Waals surface area contributed by atoms with E-state index in [1.165, 1.54) is 7.05 Å². The van der Waals surface area contributed by atoms with Crippen molar-refractivity contribution in [2.24, 2.45) is 5.10 Å². The molecule has 0 saturated carbocycles. The molecule has 4 amide bonds. The number of imide groups is 1. The van der Waals surface area contributed by atoms with Crippen LogP contribution in [-0.2, 0) is 9.59 Å². The monoisotopic (exact) mass is 369 g/mol. The highest BCUT2D eigenvalue weighted by molar-refractivity contribution is 6.49. The Hall–Kier alpha value is -3.14. The number of nitrogens with zero attached hydrogens (tertiary/aromatic N) is 1. The molecule has 1 aliphatic heterocycles. The summed E-state index contributed by atoms with van der Waals surface area (Å²) in [5.74, 6) is -1.77. The van der Waals surface area contributed by atoms with Crippen molar-refractivity contribution in [3.05, 3.63) is 28.6 Å². The number of amides is 4. The van der Waals surface area contributed by atoms with Gasteiger partial charge in [0.05, 0.1) is 6.07 Å². The second-order valence-electron chi connectivity index (χ2n) is 4.94. The fourth-order valence-corrected chi connectivity index (χ4v) is 2.13. The third-order valence-electron chi connectivity index (χ3n) is 3.26. The van der Waals surface area contributed by atoms with E-state index in [4.69, 9.17) is 5.21 Å². The van der Waals surface area contributed by atoms with Gasteiger partial charge in [0.15, 0.2) is 23.1 Å². The molecule has 26 heavy (non-hydrogen) atoms. The molecule has 8 N–H and O–H groups in total. The Kier molecular flexibility index (Phi) is 5.78. The van der Waals surface area contributed by atoms with Crippen molar-refractivity contribution < 1.29 is 35.3 Å². The van der Waals surface area contributed by atoms with E-state index in [1.807, 2.05) is 5.32 Å². The van der Waals surface area contributed by atoms with Gasteiger partial charge in [-0.1, -0.05) is 0 Å². The zero-order valence-electron chi connectivity index (χ0n) is 13.2. The molecule has 0 radical (unpaired) electrons. The van der Waals surface area contributed by atoms with Crippen LogP contribution in [0.4, 0.5) is 21.9 Å². The van der Waals surface area contributed by atoms with Crippen LogP contribution in [0.1, 0.15) is 0 Å². The number of carbonyl (C=O) groups is 3. The number of urea groups is 1. The zero-order chi connectivity index (χ0) is 19.4. The molecule has 1 heterocycles. The first-order valence-corrected chi connectivity index (χ1v) is 7.02. The van der Waals surface area contributed by atoms with Crippen molar-refractivity contribution in [1.29, 1.82) is 0 Å². The van der Waals surface area contributed by atoms with Crippen molar-refractivity contribution in [2.75, 3.05) is 12.4 Å². The van der Waals surface area contributed by atoms with Crippen LogP contribution in [-0.4, -0.2) is 47.1 Å². The number of hydrazone groups is 1. The predicted molar refractivity (Wildman–Crippen MR) is 83.6 cm³/mol. The van der Waals surface area contributed by atoms with Gasteiger partial charge in [-0.3, -0.25) is 14.9 Å². The third kappa shape index (κ3) is 4.09.